The Morgan fingerprint density at radius 3 is 2.33 bits per heavy atom. The van der Waals surface area contributed by atoms with Gasteiger partial charge in [-0.2, -0.15) is 0 Å². The van der Waals surface area contributed by atoms with Gasteiger partial charge >= 0.3 is 0 Å². The Bertz CT molecular complexity index is 447. The summed E-state index contributed by atoms with van der Waals surface area (Å²) in [5, 5.41) is 0. The zero-order valence-corrected chi connectivity index (χ0v) is 13.1. The average Bonchev–Trinajstić information content (AvgIpc) is 2.48. The van der Waals surface area contributed by atoms with Crippen molar-refractivity contribution in [1.82, 2.24) is 4.90 Å². The van der Waals surface area contributed by atoms with Crippen LogP contribution < -0.4 is 10.6 Å². The van der Waals surface area contributed by atoms with Crippen LogP contribution in [0.15, 0.2) is 24.3 Å². The molecule has 0 aromatic heterocycles. The van der Waals surface area contributed by atoms with Gasteiger partial charge in [0.1, 0.15) is 5.82 Å². The van der Waals surface area contributed by atoms with Gasteiger partial charge < -0.3 is 15.5 Å². The van der Waals surface area contributed by atoms with Gasteiger partial charge in [-0.3, -0.25) is 4.79 Å². The summed E-state index contributed by atoms with van der Waals surface area (Å²) in [6, 6.07) is 6.09. The lowest BCUT2D eigenvalue weighted by atomic mass is 10.1. The summed E-state index contributed by atoms with van der Waals surface area (Å²) in [6.45, 7) is 4.90. The second-order valence-corrected chi connectivity index (χ2v) is 5.18. The van der Waals surface area contributed by atoms with Crippen molar-refractivity contribution in [1.29, 1.82) is 0 Å². The van der Waals surface area contributed by atoms with Crippen molar-refractivity contribution in [3.63, 3.8) is 0 Å². The summed E-state index contributed by atoms with van der Waals surface area (Å²) in [5.41, 5.74) is 6.87. The monoisotopic (exact) mass is 315 g/mol. The quantitative estimate of drug-likeness (QED) is 0.925. The molecule has 2 rings (SSSR count). The first kappa shape index (κ1) is 17.7. The number of nitrogens with two attached hydrogens (primary N) is 1. The molecule has 0 aliphatic carbocycles. The Kier molecular flexibility index (Phi) is 6.92. The van der Waals surface area contributed by atoms with Crippen molar-refractivity contribution in [2.45, 2.75) is 25.8 Å². The maximum absolute atomic E-state index is 12.9. The van der Waals surface area contributed by atoms with Gasteiger partial charge in [0.2, 0.25) is 5.91 Å². The lowest BCUT2D eigenvalue weighted by Gasteiger charge is -2.37. The molecule has 0 bridgehead atoms. The van der Waals surface area contributed by atoms with Crippen molar-refractivity contribution < 1.29 is 9.18 Å². The maximum atomic E-state index is 12.9. The number of amides is 1. The number of halogens is 2. The van der Waals surface area contributed by atoms with E-state index < -0.39 is 0 Å². The van der Waals surface area contributed by atoms with Crippen molar-refractivity contribution in [3.8, 4) is 0 Å². The molecule has 0 spiro atoms. The van der Waals surface area contributed by atoms with Gasteiger partial charge in [0.15, 0.2) is 0 Å². The Hall–Kier alpha value is -1.33. The predicted molar refractivity (Wildman–Crippen MR) is 85.3 cm³/mol. The number of hydrogen-bond acceptors (Lipinski definition) is 3. The highest BCUT2D eigenvalue weighted by molar-refractivity contribution is 5.85. The molecule has 0 saturated carbocycles. The van der Waals surface area contributed by atoms with Gasteiger partial charge in [-0.1, -0.05) is 13.3 Å². The van der Waals surface area contributed by atoms with E-state index in [4.69, 9.17) is 5.73 Å². The molecule has 0 radical (unpaired) electrons. The van der Waals surface area contributed by atoms with Crippen LogP contribution in [0.4, 0.5) is 10.1 Å². The molecule has 1 amide bonds. The second-order valence-electron chi connectivity index (χ2n) is 5.18. The third-order valence-electron chi connectivity index (χ3n) is 3.70. The van der Waals surface area contributed by atoms with E-state index >= 15 is 0 Å². The molecule has 1 aromatic carbocycles. The maximum Gasteiger partial charge on any atom is 0.239 e. The van der Waals surface area contributed by atoms with E-state index in [1.54, 1.807) is 12.1 Å². The van der Waals surface area contributed by atoms with Gasteiger partial charge in [-0.15, -0.1) is 12.4 Å². The van der Waals surface area contributed by atoms with E-state index in [1.807, 2.05) is 11.8 Å². The van der Waals surface area contributed by atoms with Crippen LogP contribution >= 0.6 is 12.4 Å². The number of nitrogens with zero attached hydrogens (tertiary/aromatic N) is 2. The number of carbonyl (C=O) groups excluding carboxylic acids is 1. The first-order valence-corrected chi connectivity index (χ1v) is 7.16. The number of rotatable bonds is 4. The molecule has 2 N–H and O–H groups in total. The van der Waals surface area contributed by atoms with E-state index in [1.165, 1.54) is 12.1 Å². The van der Waals surface area contributed by atoms with E-state index in [0.29, 0.717) is 13.1 Å². The molecule has 118 valence electrons. The van der Waals surface area contributed by atoms with Crippen LogP contribution in [0.25, 0.3) is 0 Å². The Morgan fingerprint density at radius 1 is 1.24 bits per heavy atom. The van der Waals surface area contributed by atoms with Crippen molar-refractivity contribution in [3.05, 3.63) is 30.1 Å². The first-order chi connectivity index (χ1) is 9.61. The summed E-state index contributed by atoms with van der Waals surface area (Å²) in [4.78, 5) is 16.1. The SMILES string of the molecule is CCCC(N)C(=O)N1CCN(c2ccc(F)cc2)CC1.Cl. The summed E-state index contributed by atoms with van der Waals surface area (Å²) in [7, 11) is 0. The van der Waals surface area contributed by atoms with Gasteiger partial charge in [-0.25, -0.2) is 4.39 Å². The molecule has 1 fully saturated rings. The highest BCUT2D eigenvalue weighted by Gasteiger charge is 2.24. The van der Waals surface area contributed by atoms with Crippen LogP contribution in [-0.2, 0) is 4.79 Å². The highest BCUT2D eigenvalue weighted by Crippen LogP contribution is 2.17. The van der Waals surface area contributed by atoms with E-state index in [9.17, 15) is 9.18 Å². The van der Waals surface area contributed by atoms with Crippen LogP contribution in [0, 0.1) is 5.82 Å². The molecule has 1 aromatic rings. The molecule has 1 aliphatic rings. The number of anilines is 1. The van der Waals surface area contributed by atoms with Crippen LogP contribution in [0.2, 0.25) is 0 Å². The van der Waals surface area contributed by atoms with Crippen molar-refractivity contribution in [2.75, 3.05) is 31.1 Å². The Morgan fingerprint density at radius 2 is 1.81 bits per heavy atom. The molecule has 1 saturated heterocycles. The lowest BCUT2D eigenvalue weighted by molar-refractivity contribution is -0.133. The Labute approximate surface area is 131 Å². The Balaban J connectivity index is 0.00000220. The van der Waals surface area contributed by atoms with E-state index in [2.05, 4.69) is 4.90 Å². The van der Waals surface area contributed by atoms with Crippen LogP contribution in [0.5, 0.6) is 0 Å². The minimum Gasteiger partial charge on any atom is -0.368 e. The third kappa shape index (κ3) is 4.58. The van der Waals surface area contributed by atoms with Gasteiger partial charge in [-0.05, 0) is 30.7 Å². The number of carbonyl (C=O) groups is 1. The van der Waals surface area contributed by atoms with Gasteiger partial charge in [0.25, 0.3) is 0 Å². The van der Waals surface area contributed by atoms with Crippen molar-refractivity contribution in [2.24, 2.45) is 5.73 Å². The zero-order chi connectivity index (χ0) is 14.5. The second kappa shape index (κ2) is 8.20. The van der Waals surface area contributed by atoms with Gasteiger partial charge in [0, 0.05) is 31.9 Å². The molecule has 6 heteroatoms. The van der Waals surface area contributed by atoms with Crippen LogP contribution in [0.1, 0.15) is 19.8 Å². The van der Waals surface area contributed by atoms with Crippen molar-refractivity contribution >= 4 is 24.0 Å². The third-order valence-corrected chi connectivity index (χ3v) is 3.70. The smallest absolute Gasteiger partial charge is 0.239 e. The summed E-state index contributed by atoms with van der Waals surface area (Å²) >= 11 is 0. The molecule has 1 aliphatic heterocycles. The predicted octanol–water partition coefficient (Wildman–Crippen LogP) is 2.02. The fourth-order valence-corrected chi connectivity index (χ4v) is 2.51. The molecule has 1 atom stereocenters. The summed E-state index contributed by atoms with van der Waals surface area (Å²) in [5.74, 6) is -0.182. The minimum atomic E-state index is -0.377. The van der Waals surface area contributed by atoms with Crippen LogP contribution in [-0.4, -0.2) is 43.0 Å². The van der Waals surface area contributed by atoms with E-state index in [-0.39, 0.29) is 30.2 Å². The molecular weight excluding hydrogens is 293 g/mol. The molecule has 1 heterocycles. The zero-order valence-electron chi connectivity index (χ0n) is 12.3. The van der Waals surface area contributed by atoms with Crippen LogP contribution in [0.3, 0.4) is 0 Å². The number of piperazine rings is 1. The minimum absolute atomic E-state index is 0. The topological polar surface area (TPSA) is 49.6 Å². The van der Waals surface area contributed by atoms with Gasteiger partial charge in [0.05, 0.1) is 6.04 Å². The molecular formula is C15H23ClFN3O. The number of hydrogen-bond donors (Lipinski definition) is 1. The fraction of sp³-hybridized carbons (Fsp3) is 0.533. The standard InChI is InChI=1S/C15H22FN3O.ClH/c1-2-3-14(17)15(20)19-10-8-18(9-11-19)13-6-4-12(16)5-7-13;/h4-7,14H,2-3,8-11,17H2,1H3;1H. The molecule has 1 unspecified atom stereocenters. The average molecular weight is 316 g/mol. The highest BCUT2D eigenvalue weighted by atomic mass is 35.5. The lowest BCUT2D eigenvalue weighted by Crippen LogP contribution is -2.53. The number of benzene rings is 1. The summed E-state index contributed by atoms with van der Waals surface area (Å²) in [6.07, 6.45) is 1.65. The summed E-state index contributed by atoms with van der Waals surface area (Å²) < 4.78 is 12.9. The van der Waals surface area contributed by atoms with E-state index in [0.717, 1.165) is 31.6 Å². The molecule has 21 heavy (non-hydrogen) atoms. The fourth-order valence-electron chi connectivity index (χ4n) is 2.51. The normalized spacial score (nSPS) is 16.3. The largest absolute Gasteiger partial charge is 0.368 e. The first-order valence-electron chi connectivity index (χ1n) is 7.16. The molecule has 4 nitrogen and oxygen atoms in total.